The number of amides is 3. The minimum atomic E-state index is -5.14. The second kappa shape index (κ2) is 17.7. The number of benzene rings is 2. The second-order valence-electron chi connectivity index (χ2n) is 13.7. The van der Waals surface area contributed by atoms with Crippen molar-refractivity contribution in [1.29, 1.82) is 10.8 Å². The van der Waals surface area contributed by atoms with Crippen LogP contribution in [-0.4, -0.2) is 81.4 Å². The molecule has 17 heteroatoms. The van der Waals surface area contributed by atoms with E-state index in [9.17, 15) is 27.6 Å². The lowest BCUT2D eigenvalue weighted by Crippen LogP contribution is -2.38. The fourth-order valence-electron chi connectivity index (χ4n) is 4.46. The Balaban J connectivity index is 1.55. The first-order valence-electron chi connectivity index (χ1n) is 16.6. The number of carbonyl (C=O) groups is 3. The molecule has 53 heavy (non-hydrogen) atoms. The Bertz CT molecular complexity index is 1820. The first-order chi connectivity index (χ1) is 24.6. The van der Waals surface area contributed by atoms with Crippen LogP contribution >= 0.6 is 0 Å². The molecule has 2 aromatic carbocycles. The minimum Gasteiger partial charge on any atom is -0.494 e. The average molecular weight is 746 g/mol. The molecule has 0 saturated carbocycles. The standard InChI is InChI=1S/C36H46F3N7O7/c1-34(2,3)52-32(48)42-28(40)24-10-14-26(15-11-24)50-22-8-18-45-20-21-46(31(45)43-30(47)36(37,38)39)19-9-23-51-27-16-12-25(13-17-27)29(41)44(7)33(49)53-35(4,5)6/h10-17,20-21,41H,8-9,18-19,22-23H2,1-7H3,(H2,40,42,48)/b41-29?,43-31-. The normalized spacial score (nSPS) is 12.2. The van der Waals surface area contributed by atoms with Gasteiger partial charge in [-0.15, -0.1) is 0 Å². The number of imidazole rings is 1. The van der Waals surface area contributed by atoms with Crippen molar-refractivity contribution in [1.82, 2.24) is 19.4 Å². The van der Waals surface area contributed by atoms with Gasteiger partial charge in [-0.05, 0) is 103 Å². The molecule has 0 radical (unpaired) electrons. The van der Waals surface area contributed by atoms with Gasteiger partial charge in [0.15, 0.2) is 0 Å². The Morgan fingerprint density at radius 2 is 1.21 bits per heavy atom. The smallest absolute Gasteiger partial charge is 0.473 e. The van der Waals surface area contributed by atoms with Gasteiger partial charge in [-0.3, -0.25) is 25.8 Å². The number of aromatic nitrogens is 2. The SMILES string of the molecule is CN(C(=N)c1ccc(OCCCn2ccn(CCCOc3ccc(C(=N)NC(=O)OC(C)(C)C)cc3)/c2=N/C(=O)C(F)(F)F)cc1)C(=O)OC(C)(C)C. The number of hydrogen-bond acceptors (Lipinski definition) is 9. The van der Waals surface area contributed by atoms with Crippen molar-refractivity contribution < 1.29 is 46.5 Å². The van der Waals surface area contributed by atoms with Crippen molar-refractivity contribution in [3.05, 3.63) is 77.7 Å². The number of halogens is 3. The Hall–Kier alpha value is -5.61. The molecule has 0 aliphatic rings. The number of carbonyl (C=O) groups excluding carboxylic acids is 3. The third-order valence-electron chi connectivity index (χ3n) is 6.91. The summed E-state index contributed by atoms with van der Waals surface area (Å²) < 4.78 is 64.3. The van der Waals surface area contributed by atoms with Crippen molar-refractivity contribution in [2.75, 3.05) is 20.3 Å². The van der Waals surface area contributed by atoms with Crippen molar-refractivity contribution in [3.63, 3.8) is 0 Å². The van der Waals surface area contributed by atoms with E-state index in [1.807, 2.05) is 0 Å². The molecule has 0 unspecified atom stereocenters. The van der Waals surface area contributed by atoms with Crippen molar-refractivity contribution in [2.45, 2.75) is 84.9 Å². The molecule has 0 fully saturated rings. The van der Waals surface area contributed by atoms with Crippen LogP contribution in [0.15, 0.2) is 65.9 Å². The van der Waals surface area contributed by atoms with E-state index in [4.69, 9.17) is 29.8 Å². The van der Waals surface area contributed by atoms with Crippen LogP contribution in [0.25, 0.3) is 0 Å². The number of rotatable bonds is 12. The number of hydrogen-bond donors (Lipinski definition) is 3. The summed E-state index contributed by atoms with van der Waals surface area (Å²) in [5.74, 6) is -1.49. The molecule has 0 aliphatic heterocycles. The Kier molecular flexibility index (Phi) is 14.0. The molecule has 1 heterocycles. The summed E-state index contributed by atoms with van der Waals surface area (Å²) >= 11 is 0. The van der Waals surface area contributed by atoms with Gasteiger partial charge in [0.25, 0.3) is 0 Å². The first-order valence-corrected chi connectivity index (χ1v) is 16.6. The molecule has 3 amide bonds. The van der Waals surface area contributed by atoms with E-state index in [0.717, 1.165) is 4.90 Å². The summed E-state index contributed by atoms with van der Waals surface area (Å²) in [4.78, 5) is 40.5. The predicted molar refractivity (Wildman–Crippen MR) is 189 cm³/mol. The number of aryl methyl sites for hydroxylation is 2. The zero-order chi connectivity index (χ0) is 39.6. The third kappa shape index (κ3) is 13.8. The number of nitrogens with zero attached hydrogens (tertiary/aromatic N) is 4. The van der Waals surface area contributed by atoms with Crippen LogP contribution < -0.4 is 20.4 Å². The molecular weight excluding hydrogens is 699 g/mol. The Labute approximate surface area is 305 Å². The van der Waals surface area contributed by atoms with E-state index in [0.29, 0.717) is 35.5 Å². The molecule has 0 bridgehead atoms. The Morgan fingerprint density at radius 1 is 0.755 bits per heavy atom. The van der Waals surface area contributed by atoms with Crippen LogP contribution in [0.3, 0.4) is 0 Å². The summed E-state index contributed by atoms with van der Waals surface area (Å²) in [6, 6.07) is 12.9. The van der Waals surface area contributed by atoms with Gasteiger partial charge in [-0.25, -0.2) is 9.59 Å². The highest BCUT2D eigenvalue weighted by molar-refractivity contribution is 6.05. The van der Waals surface area contributed by atoms with Crippen LogP contribution in [0.4, 0.5) is 22.8 Å². The molecule has 1 aromatic heterocycles. The van der Waals surface area contributed by atoms with Gasteiger partial charge in [-0.2, -0.15) is 18.2 Å². The molecule has 0 saturated heterocycles. The number of alkyl carbamates (subject to hydrolysis) is 1. The lowest BCUT2D eigenvalue weighted by molar-refractivity contribution is -0.169. The molecule has 0 atom stereocenters. The van der Waals surface area contributed by atoms with Crippen molar-refractivity contribution in [2.24, 2.45) is 4.99 Å². The summed E-state index contributed by atoms with van der Waals surface area (Å²) in [6.07, 6.45) is -2.77. The van der Waals surface area contributed by atoms with E-state index in [-0.39, 0.29) is 43.6 Å². The highest BCUT2D eigenvalue weighted by Gasteiger charge is 2.38. The first kappa shape index (κ1) is 41.8. The summed E-state index contributed by atoms with van der Waals surface area (Å²) in [6.45, 7) is 11.1. The minimum absolute atomic E-state index is 0.0645. The van der Waals surface area contributed by atoms with Gasteiger partial charge in [0, 0.05) is 43.7 Å². The van der Waals surface area contributed by atoms with E-state index in [1.54, 1.807) is 90.1 Å². The quantitative estimate of drug-likeness (QED) is 0.112. The van der Waals surface area contributed by atoms with Gasteiger partial charge in [0.1, 0.15) is 34.4 Å². The molecule has 3 aromatic rings. The topological polar surface area (TPSA) is 173 Å². The summed E-state index contributed by atoms with van der Waals surface area (Å²) in [5, 5.41) is 18.7. The average Bonchev–Trinajstić information content (AvgIpc) is 3.43. The number of nitrogens with one attached hydrogen (secondary N) is 3. The van der Waals surface area contributed by atoms with Gasteiger partial charge < -0.3 is 28.1 Å². The van der Waals surface area contributed by atoms with Gasteiger partial charge in [0.05, 0.1) is 13.2 Å². The second-order valence-corrected chi connectivity index (χ2v) is 13.7. The van der Waals surface area contributed by atoms with Crippen LogP contribution in [-0.2, 0) is 27.4 Å². The van der Waals surface area contributed by atoms with Gasteiger partial charge in [0.2, 0.25) is 5.62 Å². The zero-order valence-corrected chi connectivity index (χ0v) is 30.8. The monoisotopic (exact) mass is 745 g/mol. The maximum absolute atomic E-state index is 13.1. The third-order valence-corrected chi connectivity index (χ3v) is 6.91. The van der Waals surface area contributed by atoms with Crippen molar-refractivity contribution >= 4 is 29.8 Å². The molecular formula is C36H46F3N7O7. The summed E-state index contributed by atoms with van der Waals surface area (Å²) in [7, 11) is 1.44. The largest absolute Gasteiger partial charge is 0.494 e. The fourth-order valence-corrected chi connectivity index (χ4v) is 4.46. The maximum Gasteiger partial charge on any atom is 0.473 e. The molecule has 288 valence electrons. The molecule has 3 N–H and O–H groups in total. The molecule has 3 rings (SSSR count). The highest BCUT2D eigenvalue weighted by atomic mass is 19.4. The lowest BCUT2D eigenvalue weighted by atomic mass is 10.2. The van der Waals surface area contributed by atoms with Crippen LogP contribution in [0, 0.1) is 10.8 Å². The fraction of sp³-hybridized carbons (Fsp3) is 0.444. The highest BCUT2D eigenvalue weighted by Crippen LogP contribution is 2.18. The summed E-state index contributed by atoms with van der Waals surface area (Å²) in [5.41, 5.74) is -0.722. The van der Waals surface area contributed by atoms with E-state index < -0.39 is 35.5 Å². The van der Waals surface area contributed by atoms with Crippen molar-refractivity contribution in [3.8, 4) is 11.5 Å². The lowest BCUT2D eigenvalue weighted by Gasteiger charge is -2.25. The van der Waals surface area contributed by atoms with Crippen LogP contribution in [0.2, 0.25) is 0 Å². The van der Waals surface area contributed by atoms with E-state index in [2.05, 4.69) is 10.3 Å². The van der Waals surface area contributed by atoms with E-state index >= 15 is 0 Å². The van der Waals surface area contributed by atoms with Crippen LogP contribution in [0.1, 0.15) is 65.5 Å². The van der Waals surface area contributed by atoms with Gasteiger partial charge >= 0.3 is 24.3 Å². The van der Waals surface area contributed by atoms with E-state index in [1.165, 1.54) is 28.6 Å². The number of amidine groups is 2. The molecule has 0 aliphatic carbocycles. The van der Waals surface area contributed by atoms with Gasteiger partial charge in [-0.1, -0.05) is 0 Å². The maximum atomic E-state index is 13.1. The zero-order valence-electron chi connectivity index (χ0n) is 30.8. The predicted octanol–water partition coefficient (Wildman–Crippen LogP) is 6.26. The number of alkyl halides is 3. The van der Waals surface area contributed by atoms with Crippen LogP contribution in [0.5, 0.6) is 11.5 Å². The Morgan fingerprint density at radius 3 is 1.64 bits per heavy atom. The molecule has 14 nitrogen and oxygen atoms in total. The molecule has 0 spiro atoms. The number of ether oxygens (including phenoxy) is 4.